The van der Waals surface area contributed by atoms with Crippen LogP contribution in [0.2, 0.25) is 0 Å². The van der Waals surface area contributed by atoms with Gasteiger partial charge in [0.05, 0.1) is 5.69 Å². The van der Waals surface area contributed by atoms with Gasteiger partial charge < -0.3 is 14.8 Å². The van der Waals surface area contributed by atoms with Crippen LogP contribution in [0.4, 0.5) is 11.5 Å². The fourth-order valence-electron chi connectivity index (χ4n) is 2.66. The summed E-state index contributed by atoms with van der Waals surface area (Å²) in [6.07, 6.45) is 0. The second kappa shape index (κ2) is 6.20. The lowest BCUT2D eigenvalue weighted by molar-refractivity contribution is 0.171. The van der Waals surface area contributed by atoms with E-state index in [4.69, 9.17) is 9.47 Å². The van der Waals surface area contributed by atoms with Crippen molar-refractivity contribution in [1.82, 2.24) is 9.97 Å². The second-order valence-electron chi connectivity index (χ2n) is 5.54. The van der Waals surface area contributed by atoms with Crippen molar-refractivity contribution >= 4 is 11.5 Å². The zero-order valence-electron chi connectivity index (χ0n) is 13.3. The Morgan fingerprint density at radius 2 is 1.67 bits per heavy atom. The highest BCUT2D eigenvalue weighted by molar-refractivity contribution is 5.67. The van der Waals surface area contributed by atoms with E-state index in [0.29, 0.717) is 13.2 Å². The molecule has 0 fully saturated rings. The predicted molar refractivity (Wildman–Crippen MR) is 92.9 cm³/mol. The van der Waals surface area contributed by atoms with Crippen molar-refractivity contribution in [1.29, 1.82) is 0 Å². The molecule has 24 heavy (non-hydrogen) atoms. The molecule has 0 saturated carbocycles. The molecule has 2 heterocycles. The van der Waals surface area contributed by atoms with Crippen molar-refractivity contribution < 1.29 is 9.47 Å². The number of hydrogen-bond donors (Lipinski definition) is 1. The third-order valence-corrected chi connectivity index (χ3v) is 3.72. The summed E-state index contributed by atoms with van der Waals surface area (Å²) in [5.74, 6) is 2.99. The van der Waals surface area contributed by atoms with Crippen molar-refractivity contribution in [3.8, 4) is 22.8 Å². The normalized spacial score (nSPS) is 12.7. The van der Waals surface area contributed by atoms with Crippen molar-refractivity contribution in [3.05, 3.63) is 60.4 Å². The zero-order chi connectivity index (χ0) is 16.4. The van der Waals surface area contributed by atoms with Crippen LogP contribution in [0, 0.1) is 6.92 Å². The molecule has 120 valence electrons. The first-order valence-electron chi connectivity index (χ1n) is 7.86. The lowest BCUT2D eigenvalue weighted by atomic mass is 10.1. The van der Waals surface area contributed by atoms with E-state index in [1.54, 1.807) is 0 Å². The number of anilines is 2. The molecule has 0 aliphatic carbocycles. The lowest BCUT2D eigenvalue weighted by Crippen LogP contribution is -2.15. The summed E-state index contributed by atoms with van der Waals surface area (Å²) >= 11 is 0. The molecule has 2 aromatic carbocycles. The minimum Gasteiger partial charge on any atom is -0.486 e. The van der Waals surface area contributed by atoms with E-state index in [0.717, 1.165) is 40.1 Å². The quantitative estimate of drug-likeness (QED) is 0.791. The number of fused-ring (bicyclic) bond motifs is 1. The number of rotatable bonds is 3. The van der Waals surface area contributed by atoms with Gasteiger partial charge in [-0.25, -0.2) is 9.97 Å². The summed E-state index contributed by atoms with van der Waals surface area (Å²) in [6.45, 7) is 3.05. The summed E-state index contributed by atoms with van der Waals surface area (Å²) in [7, 11) is 0. The molecule has 0 atom stereocenters. The smallest absolute Gasteiger partial charge is 0.163 e. The van der Waals surface area contributed by atoms with Crippen LogP contribution < -0.4 is 14.8 Å². The molecule has 5 heteroatoms. The molecule has 0 spiro atoms. The van der Waals surface area contributed by atoms with Crippen molar-refractivity contribution in [2.24, 2.45) is 0 Å². The summed E-state index contributed by atoms with van der Waals surface area (Å²) in [6, 6.07) is 17.8. The van der Waals surface area contributed by atoms with Gasteiger partial charge in [-0.05, 0) is 19.1 Å². The third kappa shape index (κ3) is 3.01. The SMILES string of the molecule is Cc1nc(Nc2ccc3c(c2)OCCO3)cc(-c2ccccc2)n1. The standard InChI is InChI=1S/C19H17N3O2/c1-13-20-16(14-5-3-2-4-6-14)12-19(21-13)22-15-7-8-17-18(11-15)24-10-9-23-17/h2-8,11-12H,9-10H2,1H3,(H,20,21,22). The molecule has 0 amide bonds. The molecular weight excluding hydrogens is 302 g/mol. The van der Waals surface area contributed by atoms with Gasteiger partial charge in [0.1, 0.15) is 24.9 Å². The first-order chi connectivity index (χ1) is 11.8. The van der Waals surface area contributed by atoms with E-state index < -0.39 is 0 Å². The van der Waals surface area contributed by atoms with Crippen molar-refractivity contribution in [2.45, 2.75) is 6.92 Å². The van der Waals surface area contributed by atoms with Crippen LogP contribution in [0.1, 0.15) is 5.82 Å². The largest absolute Gasteiger partial charge is 0.486 e. The summed E-state index contributed by atoms with van der Waals surface area (Å²) < 4.78 is 11.2. The number of aryl methyl sites for hydroxylation is 1. The van der Waals surface area contributed by atoms with Crippen LogP contribution in [0.15, 0.2) is 54.6 Å². The first-order valence-corrected chi connectivity index (χ1v) is 7.86. The highest BCUT2D eigenvalue weighted by Gasteiger charge is 2.12. The molecular formula is C19H17N3O2. The monoisotopic (exact) mass is 319 g/mol. The van der Waals surface area contributed by atoms with E-state index in [2.05, 4.69) is 15.3 Å². The van der Waals surface area contributed by atoms with Gasteiger partial charge in [0, 0.05) is 23.4 Å². The maximum Gasteiger partial charge on any atom is 0.163 e. The van der Waals surface area contributed by atoms with Crippen LogP contribution in [0.3, 0.4) is 0 Å². The van der Waals surface area contributed by atoms with E-state index in [-0.39, 0.29) is 0 Å². The maximum absolute atomic E-state index is 5.62. The van der Waals surface area contributed by atoms with Gasteiger partial charge in [-0.2, -0.15) is 0 Å². The molecule has 1 aromatic heterocycles. The Kier molecular flexibility index (Phi) is 3.75. The Morgan fingerprint density at radius 1 is 0.875 bits per heavy atom. The molecule has 0 unspecified atom stereocenters. The van der Waals surface area contributed by atoms with Crippen LogP contribution in [0.5, 0.6) is 11.5 Å². The van der Waals surface area contributed by atoms with Gasteiger partial charge in [0.2, 0.25) is 0 Å². The molecule has 0 saturated heterocycles. The third-order valence-electron chi connectivity index (χ3n) is 3.72. The fourth-order valence-corrected chi connectivity index (χ4v) is 2.66. The number of aromatic nitrogens is 2. The predicted octanol–water partition coefficient (Wildman–Crippen LogP) is 3.97. The highest BCUT2D eigenvalue weighted by atomic mass is 16.6. The van der Waals surface area contributed by atoms with Gasteiger partial charge in [-0.15, -0.1) is 0 Å². The molecule has 5 nitrogen and oxygen atoms in total. The van der Waals surface area contributed by atoms with Gasteiger partial charge >= 0.3 is 0 Å². The van der Waals surface area contributed by atoms with Gasteiger partial charge in [-0.3, -0.25) is 0 Å². The minimum absolute atomic E-state index is 0.571. The molecule has 0 radical (unpaired) electrons. The van der Waals surface area contributed by atoms with Crippen LogP contribution in [0.25, 0.3) is 11.3 Å². The summed E-state index contributed by atoms with van der Waals surface area (Å²) in [5, 5.41) is 3.32. The number of nitrogens with one attached hydrogen (secondary N) is 1. The molecule has 0 bridgehead atoms. The molecule has 4 rings (SSSR count). The van der Waals surface area contributed by atoms with Gasteiger partial charge in [0.15, 0.2) is 11.5 Å². The Labute approximate surface area is 140 Å². The fraction of sp³-hybridized carbons (Fsp3) is 0.158. The number of nitrogens with zero attached hydrogens (tertiary/aromatic N) is 2. The first kappa shape index (κ1) is 14.5. The van der Waals surface area contributed by atoms with E-state index in [1.165, 1.54) is 0 Å². The Bertz CT molecular complexity index is 866. The van der Waals surface area contributed by atoms with Crippen LogP contribution in [-0.4, -0.2) is 23.2 Å². The molecule has 1 aliphatic rings. The number of benzene rings is 2. The van der Waals surface area contributed by atoms with E-state index in [1.807, 2.05) is 61.5 Å². The number of ether oxygens (including phenoxy) is 2. The maximum atomic E-state index is 5.62. The average Bonchev–Trinajstić information content (AvgIpc) is 2.62. The topological polar surface area (TPSA) is 56.3 Å². The van der Waals surface area contributed by atoms with E-state index >= 15 is 0 Å². The van der Waals surface area contributed by atoms with Crippen molar-refractivity contribution in [3.63, 3.8) is 0 Å². The summed E-state index contributed by atoms with van der Waals surface area (Å²) in [4.78, 5) is 8.99. The average molecular weight is 319 g/mol. The van der Waals surface area contributed by atoms with Gasteiger partial charge in [-0.1, -0.05) is 30.3 Å². The second-order valence-corrected chi connectivity index (χ2v) is 5.54. The molecule has 3 aromatic rings. The highest BCUT2D eigenvalue weighted by Crippen LogP contribution is 2.33. The molecule has 1 N–H and O–H groups in total. The molecule has 1 aliphatic heterocycles. The van der Waals surface area contributed by atoms with Crippen molar-refractivity contribution in [2.75, 3.05) is 18.5 Å². The van der Waals surface area contributed by atoms with Crippen LogP contribution >= 0.6 is 0 Å². The lowest BCUT2D eigenvalue weighted by Gasteiger charge is -2.19. The number of hydrogen-bond acceptors (Lipinski definition) is 5. The summed E-state index contributed by atoms with van der Waals surface area (Å²) in [5.41, 5.74) is 2.85. The van der Waals surface area contributed by atoms with Gasteiger partial charge in [0.25, 0.3) is 0 Å². The Morgan fingerprint density at radius 3 is 2.50 bits per heavy atom. The Hall–Kier alpha value is -3.08. The Balaban J connectivity index is 1.64. The minimum atomic E-state index is 0.571. The van der Waals surface area contributed by atoms with Crippen LogP contribution in [-0.2, 0) is 0 Å². The van der Waals surface area contributed by atoms with E-state index in [9.17, 15) is 0 Å². The zero-order valence-corrected chi connectivity index (χ0v) is 13.3.